The van der Waals surface area contributed by atoms with Crippen LogP contribution >= 0.6 is 11.8 Å². The lowest BCUT2D eigenvalue weighted by atomic mass is 9.73. The first-order chi connectivity index (χ1) is 16.1. The molecule has 0 aliphatic heterocycles. The van der Waals surface area contributed by atoms with E-state index in [1.807, 2.05) is 46.4 Å². The van der Waals surface area contributed by atoms with E-state index in [0.29, 0.717) is 5.25 Å². The molecule has 0 amide bonds. The highest BCUT2D eigenvalue weighted by molar-refractivity contribution is 8.03. The normalized spacial score (nSPS) is 13.5. The number of benzene rings is 1. The molecule has 2 atom stereocenters. The predicted molar refractivity (Wildman–Crippen MR) is 163 cm³/mol. The molecule has 0 saturated heterocycles. The Kier molecular flexibility index (Phi) is 18.6. The van der Waals surface area contributed by atoms with E-state index in [2.05, 4.69) is 91.0 Å². The molecule has 0 nitrogen and oxygen atoms in total. The van der Waals surface area contributed by atoms with Gasteiger partial charge in [-0.25, -0.2) is 0 Å². The van der Waals surface area contributed by atoms with Gasteiger partial charge in [0.15, 0.2) is 0 Å². The molecule has 0 spiro atoms. The fourth-order valence-electron chi connectivity index (χ4n) is 3.97. The molecule has 0 aliphatic rings. The van der Waals surface area contributed by atoms with E-state index in [1.54, 1.807) is 0 Å². The van der Waals surface area contributed by atoms with E-state index in [-0.39, 0.29) is 5.41 Å². The monoisotopic (exact) mass is 480 g/mol. The third-order valence-corrected chi connectivity index (χ3v) is 6.87. The minimum atomic E-state index is 0.142. The summed E-state index contributed by atoms with van der Waals surface area (Å²) < 4.78 is 0. The van der Waals surface area contributed by atoms with Crippen LogP contribution < -0.4 is 0 Å². The summed E-state index contributed by atoms with van der Waals surface area (Å²) in [5.41, 5.74) is 6.98. The average Bonchev–Trinajstić information content (AvgIpc) is 2.81. The Morgan fingerprint density at radius 2 is 1.74 bits per heavy atom. The SMILES string of the molecule is C#Cc1cc(C(=C)/C=C\CC(C)S/C(C)=C/C(=C)C)cc(C(C)(CC)CCC)c1C.CC.CC. The van der Waals surface area contributed by atoms with E-state index in [1.165, 1.54) is 16.0 Å². The molecule has 0 aromatic heterocycles. The average molecular weight is 481 g/mol. The second kappa shape index (κ2) is 18.4. The number of hydrogen-bond acceptors (Lipinski definition) is 1. The summed E-state index contributed by atoms with van der Waals surface area (Å²) in [5.74, 6) is 2.90. The molecular weight excluding hydrogens is 428 g/mol. The van der Waals surface area contributed by atoms with Gasteiger partial charge in [-0.3, -0.25) is 0 Å². The van der Waals surface area contributed by atoms with Crippen LogP contribution in [-0.4, -0.2) is 5.25 Å². The van der Waals surface area contributed by atoms with Crippen LogP contribution in [0.15, 0.2) is 54.0 Å². The van der Waals surface area contributed by atoms with Crippen molar-refractivity contribution in [2.75, 3.05) is 0 Å². The number of allylic oxidation sites excluding steroid dienone is 6. The van der Waals surface area contributed by atoms with Crippen molar-refractivity contribution >= 4 is 17.3 Å². The van der Waals surface area contributed by atoms with Crippen molar-refractivity contribution in [3.8, 4) is 12.3 Å². The smallest absolute Gasteiger partial charge is 0.0280 e. The van der Waals surface area contributed by atoms with Crippen molar-refractivity contribution in [3.05, 3.63) is 76.3 Å². The van der Waals surface area contributed by atoms with Crippen molar-refractivity contribution in [3.63, 3.8) is 0 Å². The molecule has 0 bridgehead atoms. The summed E-state index contributed by atoms with van der Waals surface area (Å²) >= 11 is 1.89. The molecule has 1 rings (SSSR count). The van der Waals surface area contributed by atoms with Gasteiger partial charge in [0, 0.05) is 10.8 Å². The summed E-state index contributed by atoms with van der Waals surface area (Å²) in [6, 6.07) is 4.44. The van der Waals surface area contributed by atoms with Gasteiger partial charge in [-0.2, -0.15) is 0 Å². The maximum Gasteiger partial charge on any atom is 0.0280 e. The van der Waals surface area contributed by atoms with Crippen molar-refractivity contribution < 1.29 is 0 Å². The molecule has 0 fully saturated rings. The molecule has 1 heteroatoms. The topological polar surface area (TPSA) is 0 Å². The van der Waals surface area contributed by atoms with Crippen LogP contribution in [-0.2, 0) is 5.41 Å². The van der Waals surface area contributed by atoms with E-state index in [4.69, 9.17) is 6.42 Å². The zero-order valence-corrected chi connectivity index (χ0v) is 25.0. The fourth-order valence-corrected chi connectivity index (χ4v) is 5.09. The van der Waals surface area contributed by atoms with Gasteiger partial charge in [0.25, 0.3) is 0 Å². The Hall–Kier alpha value is -1.91. The summed E-state index contributed by atoms with van der Waals surface area (Å²) in [4.78, 5) is 1.30. The highest BCUT2D eigenvalue weighted by atomic mass is 32.2. The van der Waals surface area contributed by atoms with Crippen molar-refractivity contribution in [1.82, 2.24) is 0 Å². The second-order valence-electron chi connectivity index (χ2n) is 8.70. The quantitative estimate of drug-likeness (QED) is 0.224. The standard InChI is InChI=1S/C29H40S.2C2H6/c1-11-17-29(10,13-3)28-20-27(19-26(12-2)25(28)9)22(6)15-14-16-23(7)30-24(8)18-21(4)5;2*1-2/h2,14-15,18-20,23H,4,6,11,13,16-17H2,1,3,5,7-10H3;2*1-2H3/b15-14-,24-18+;;. The zero-order valence-electron chi connectivity index (χ0n) is 24.2. The Balaban J connectivity index is 0. The van der Waals surface area contributed by atoms with Crippen molar-refractivity contribution in [2.24, 2.45) is 0 Å². The summed E-state index contributed by atoms with van der Waals surface area (Å²) in [6.07, 6.45) is 16.8. The Morgan fingerprint density at radius 1 is 1.15 bits per heavy atom. The first-order valence-electron chi connectivity index (χ1n) is 13.1. The fraction of sp³-hybridized carbons (Fsp3) is 0.515. The molecule has 2 unspecified atom stereocenters. The van der Waals surface area contributed by atoms with Crippen LogP contribution in [0.2, 0.25) is 0 Å². The van der Waals surface area contributed by atoms with Gasteiger partial charge in [-0.15, -0.1) is 18.2 Å². The van der Waals surface area contributed by atoms with Gasteiger partial charge in [0.2, 0.25) is 0 Å². The van der Waals surface area contributed by atoms with E-state index >= 15 is 0 Å². The summed E-state index contributed by atoms with van der Waals surface area (Å²) in [5, 5.41) is 0.507. The Bertz CT molecular complexity index is 859. The highest BCUT2D eigenvalue weighted by Gasteiger charge is 2.26. The van der Waals surface area contributed by atoms with Gasteiger partial charge in [0.05, 0.1) is 0 Å². The molecule has 0 radical (unpaired) electrons. The highest BCUT2D eigenvalue weighted by Crippen LogP contribution is 2.37. The third kappa shape index (κ3) is 11.5. The maximum atomic E-state index is 5.86. The molecule has 1 aromatic carbocycles. The number of hydrogen-bond donors (Lipinski definition) is 0. The van der Waals surface area contributed by atoms with Crippen LogP contribution in [0.4, 0.5) is 0 Å². The minimum Gasteiger partial charge on any atom is -0.127 e. The van der Waals surface area contributed by atoms with Crippen LogP contribution in [0.1, 0.15) is 117 Å². The predicted octanol–water partition coefficient (Wildman–Crippen LogP) is 11.1. The number of thioether (sulfide) groups is 1. The lowest BCUT2D eigenvalue weighted by molar-refractivity contribution is 0.411. The largest absolute Gasteiger partial charge is 0.127 e. The first kappa shape index (κ1) is 34.3. The first-order valence-corrected chi connectivity index (χ1v) is 13.9. The molecule has 0 heterocycles. The van der Waals surface area contributed by atoms with Crippen molar-refractivity contribution in [1.29, 1.82) is 0 Å². The zero-order chi connectivity index (χ0) is 26.9. The second-order valence-corrected chi connectivity index (χ2v) is 10.4. The molecule has 34 heavy (non-hydrogen) atoms. The van der Waals surface area contributed by atoms with E-state index in [0.717, 1.165) is 48.0 Å². The molecule has 1 aromatic rings. The Morgan fingerprint density at radius 3 is 2.21 bits per heavy atom. The molecular formula is C33H52S. The summed E-state index contributed by atoms with van der Waals surface area (Å²) in [6.45, 7) is 31.8. The van der Waals surface area contributed by atoms with E-state index in [9.17, 15) is 0 Å². The molecule has 0 saturated carbocycles. The van der Waals surface area contributed by atoms with Gasteiger partial charge in [-0.05, 0) is 78.7 Å². The summed E-state index contributed by atoms with van der Waals surface area (Å²) in [7, 11) is 0. The molecule has 190 valence electrons. The van der Waals surface area contributed by atoms with Gasteiger partial charge >= 0.3 is 0 Å². The molecule has 0 aliphatic carbocycles. The van der Waals surface area contributed by atoms with Crippen LogP contribution in [0, 0.1) is 19.3 Å². The minimum absolute atomic E-state index is 0.142. The Labute approximate surface area is 218 Å². The lowest BCUT2D eigenvalue weighted by Gasteiger charge is -2.31. The van der Waals surface area contributed by atoms with Gasteiger partial charge < -0.3 is 0 Å². The van der Waals surface area contributed by atoms with Crippen LogP contribution in [0.5, 0.6) is 0 Å². The molecule has 0 N–H and O–H groups in total. The van der Waals surface area contributed by atoms with Crippen LogP contribution in [0.3, 0.4) is 0 Å². The number of terminal acetylenes is 1. The lowest BCUT2D eigenvalue weighted by Crippen LogP contribution is -2.22. The van der Waals surface area contributed by atoms with Crippen LogP contribution in [0.25, 0.3) is 5.57 Å². The maximum absolute atomic E-state index is 5.86. The van der Waals surface area contributed by atoms with Gasteiger partial charge in [0.1, 0.15) is 0 Å². The van der Waals surface area contributed by atoms with Crippen molar-refractivity contribution in [2.45, 2.75) is 113 Å². The number of rotatable bonds is 11. The third-order valence-electron chi connectivity index (χ3n) is 5.79. The van der Waals surface area contributed by atoms with E-state index < -0.39 is 0 Å². The van der Waals surface area contributed by atoms with Gasteiger partial charge in [-0.1, -0.05) is 111 Å².